The van der Waals surface area contributed by atoms with Crippen LogP contribution in [0.4, 0.5) is 15.8 Å². The van der Waals surface area contributed by atoms with Gasteiger partial charge in [-0.05, 0) is 59.7 Å². The minimum Gasteiger partial charge on any atom is -0.478 e. The monoisotopic (exact) mass is 440 g/mol. The van der Waals surface area contributed by atoms with Crippen LogP contribution in [0.5, 0.6) is 0 Å². The molecule has 0 heterocycles. The van der Waals surface area contributed by atoms with Gasteiger partial charge >= 0.3 is 5.97 Å². The molecular weight excluding hydrogens is 407 g/mol. The van der Waals surface area contributed by atoms with E-state index in [1.54, 1.807) is 25.1 Å². The lowest BCUT2D eigenvalue weighted by Gasteiger charge is -2.31. The zero-order valence-electron chi connectivity index (χ0n) is 19.5. The molecule has 32 heavy (non-hydrogen) atoms. The van der Waals surface area contributed by atoms with E-state index in [9.17, 15) is 14.0 Å². The summed E-state index contributed by atoms with van der Waals surface area (Å²) in [7, 11) is 0. The first kappa shape index (κ1) is 25.1. The van der Waals surface area contributed by atoms with Crippen molar-refractivity contribution in [3.8, 4) is 0 Å². The molecule has 0 aliphatic heterocycles. The van der Waals surface area contributed by atoms with Gasteiger partial charge in [-0.2, -0.15) is 0 Å². The van der Waals surface area contributed by atoms with Gasteiger partial charge in [0.1, 0.15) is 5.82 Å². The maximum absolute atomic E-state index is 13.5. The van der Waals surface area contributed by atoms with Crippen LogP contribution in [-0.2, 0) is 16.0 Å². The van der Waals surface area contributed by atoms with Crippen molar-refractivity contribution in [1.29, 1.82) is 0 Å². The number of carboxylic acid groups (broad SMARTS) is 1. The van der Waals surface area contributed by atoms with E-state index in [-0.39, 0.29) is 18.1 Å². The maximum Gasteiger partial charge on any atom is 0.328 e. The number of rotatable bonds is 10. The van der Waals surface area contributed by atoms with Crippen molar-refractivity contribution in [3.63, 3.8) is 0 Å². The van der Waals surface area contributed by atoms with Crippen molar-refractivity contribution in [2.45, 2.75) is 41.0 Å². The van der Waals surface area contributed by atoms with Crippen LogP contribution in [0, 0.1) is 17.7 Å². The molecule has 0 spiro atoms. The van der Waals surface area contributed by atoms with Crippen molar-refractivity contribution in [2.75, 3.05) is 23.3 Å². The molecule has 0 aliphatic carbocycles. The van der Waals surface area contributed by atoms with E-state index in [1.807, 2.05) is 12.1 Å². The van der Waals surface area contributed by atoms with E-state index >= 15 is 0 Å². The number of carbonyl (C=O) groups is 2. The van der Waals surface area contributed by atoms with Gasteiger partial charge in [-0.25, -0.2) is 9.18 Å². The molecule has 2 aromatic carbocycles. The zero-order chi connectivity index (χ0) is 23.8. The lowest BCUT2D eigenvalue weighted by Crippen LogP contribution is -2.32. The van der Waals surface area contributed by atoms with Gasteiger partial charge < -0.3 is 15.3 Å². The number of halogens is 1. The Hall–Kier alpha value is -3.15. The summed E-state index contributed by atoms with van der Waals surface area (Å²) < 4.78 is 13.5. The van der Waals surface area contributed by atoms with E-state index in [0.717, 1.165) is 24.9 Å². The smallest absolute Gasteiger partial charge is 0.328 e. The van der Waals surface area contributed by atoms with Gasteiger partial charge in [-0.1, -0.05) is 45.9 Å². The van der Waals surface area contributed by atoms with Gasteiger partial charge in [0.25, 0.3) is 0 Å². The number of benzene rings is 2. The minimum atomic E-state index is -1.02. The number of hydrogen-bond donors (Lipinski definition) is 2. The normalized spacial score (nSPS) is 11.7. The van der Waals surface area contributed by atoms with Crippen molar-refractivity contribution in [3.05, 3.63) is 65.5 Å². The largest absolute Gasteiger partial charge is 0.478 e. The van der Waals surface area contributed by atoms with Crippen molar-refractivity contribution < 1.29 is 19.1 Å². The summed E-state index contributed by atoms with van der Waals surface area (Å²) >= 11 is 0. The third-order valence-electron chi connectivity index (χ3n) is 4.83. The lowest BCUT2D eigenvalue weighted by atomic mass is 10.0. The molecule has 0 saturated heterocycles. The first-order valence-corrected chi connectivity index (χ1v) is 10.9. The van der Waals surface area contributed by atoms with E-state index in [2.05, 4.69) is 37.9 Å². The van der Waals surface area contributed by atoms with Crippen LogP contribution < -0.4 is 10.2 Å². The third kappa shape index (κ3) is 7.84. The highest BCUT2D eigenvalue weighted by atomic mass is 19.1. The summed E-state index contributed by atoms with van der Waals surface area (Å²) in [5, 5.41) is 12.1. The summed E-state index contributed by atoms with van der Waals surface area (Å²) in [6, 6.07) is 11.6. The molecule has 6 heteroatoms. The van der Waals surface area contributed by atoms with E-state index < -0.39 is 5.97 Å². The van der Waals surface area contributed by atoms with Gasteiger partial charge in [-0.3, -0.25) is 4.79 Å². The molecule has 0 saturated carbocycles. The van der Waals surface area contributed by atoms with Gasteiger partial charge in [0.15, 0.2) is 0 Å². The number of anilines is 2. The number of allylic oxidation sites excluding steroid dienone is 1. The second kappa shape index (κ2) is 11.5. The second-order valence-electron chi connectivity index (χ2n) is 8.95. The molecule has 172 valence electrons. The van der Waals surface area contributed by atoms with Crippen LogP contribution in [-0.4, -0.2) is 30.1 Å². The van der Waals surface area contributed by atoms with E-state index in [1.165, 1.54) is 12.1 Å². The maximum atomic E-state index is 13.5. The van der Waals surface area contributed by atoms with Crippen LogP contribution in [0.2, 0.25) is 0 Å². The highest BCUT2D eigenvalue weighted by molar-refractivity contribution is 5.97. The quantitative estimate of drug-likeness (QED) is 0.471. The average Bonchev–Trinajstić information content (AvgIpc) is 2.66. The van der Waals surface area contributed by atoms with Gasteiger partial charge in [0.05, 0.1) is 17.8 Å². The molecule has 0 unspecified atom stereocenters. The predicted molar refractivity (Wildman–Crippen MR) is 128 cm³/mol. The van der Waals surface area contributed by atoms with Crippen LogP contribution in [0.15, 0.2) is 48.5 Å². The Morgan fingerprint density at radius 2 is 1.72 bits per heavy atom. The molecule has 0 radical (unpaired) electrons. The van der Waals surface area contributed by atoms with Crippen LogP contribution >= 0.6 is 0 Å². The number of hydrogen-bond acceptors (Lipinski definition) is 3. The number of carbonyl (C=O) groups excluding carboxylic acids is 1. The summed E-state index contributed by atoms with van der Waals surface area (Å²) in [4.78, 5) is 26.2. The molecule has 0 atom stereocenters. The average molecular weight is 441 g/mol. The van der Waals surface area contributed by atoms with E-state index in [0.29, 0.717) is 34.2 Å². The molecule has 0 aromatic heterocycles. The standard InChI is InChI=1S/C26H33FN2O3/c1-17(2)15-29(16-18(3)4)24-10-9-21(19(5)11-26(31)32)14-23(24)28-25(30)13-20-7-6-8-22(27)12-20/h6-12,14,17-18H,13,15-16H2,1-5H3,(H,28,30)(H,31,32)/b19-11+. The Morgan fingerprint density at radius 1 is 1.06 bits per heavy atom. The highest BCUT2D eigenvalue weighted by Gasteiger charge is 2.17. The molecule has 2 rings (SSSR count). The molecular formula is C26H33FN2O3. The predicted octanol–water partition coefficient (Wildman–Crippen LogP) is 5.61. The summed E-state index contributed by atoms with van der Waals surface area (Å²) in [5.74, 6) is -0.837. The first-order chi connectivity index (χ1) is 15.0. The fraction of sp³-hybridized carbons (Fsp3) is 0.385. The van der Waals surface area contributed by atoms with Gasteiger partial charge in [0, 0.05) is 19.2 Å². The van der Waals surface area contributed by atoms with Crippen molar-refractivity contribution >= 4 is 28.8 Å². The summed E-state index contributed by atoms with van der Waals surface area (Å²) in [6.45, 7) is 11.9. The number of aliphatic carboxylic acids is 1. The van der Waals surface area contributed by atoms with Crippen molar-refractivity contribution in [1.82, 2.24) is 0 Å². The second-order valence-corrected chi connectivity index (χ2v) is 8.95. The van der Waals surface area contributed by atoms with Gasteiger partial charge in [-0.15, -0.1) is 0 Å². The Bertz CT molecular complexity index is 973. The Kier molecular flexibility index (Phi) is 9.00. The minimum absolute atomic E-state index is 0.0414. The molecule has 2 N–H and O–H groups in total. The number of nitrogens with zero attached hydrogens (tertiary/aromatic N) is 1. The number of amides is 1. The van der Waals surface area contributed by atoms with Crippen LogP contribution in [0.1, 0.15) is 45.7 Å². The molecule has 5 nitrogen and oxygen atoms in total. The Morgan fingerprint density at radius 3 is 2.28 bits per heavy atom. The third-order valence-corrected chi connectivity index (χ3v) is 4.83. The molecule has 0 fully saturated rings. The number of carboxylic acids is 1. The topological polar surface area (TPSA) is 69.6 Å². The Balaban J connectivity index is 2.43. The van der Waals surface area contributed by atoms with Crippen molar-refractivity contribution in [2.24, 2.45) is 11.8 Å². The Labute approximate surface area is 190 Å². The molecule has 1 amide bonds. The molecule has 2 aromatic rings. The lowest BCUT2D eigenvalue weighted by molar-refractivity contribution is -0.131. The highest BCUT2D eigenvalue weighted by Crippen LogP contribution is 2.31. The molecule has 0 aliphatic rings. The number of nitrogens with one attached hydrogen (secondary N) is 1. The molecule has 0 bridgehead atoms. The summed E-state index contributed by atoms with van der Waals surface area (Å²) in [6.07, 6.45) is 1.19. The van der Waals surface area contributed by atoms with Gasteiger partial charge in [0.2, 0.25) is 5.91 Å². The van der Waals surface area contributed by atoms with Crippen LogP contribution in [0.25, 0.3) is 5.57 Å². The van der Waals surface area contributed by atoms with E-state index in [4.69, 9.17) is 5.11 Å². The zero-order valence-corrected chi connectivity index (χ0v) is 19.5. The first-order valence-electron chi connectivity index (χ1n) is 10.9. The van der Waals surface area contributed by atoms with Crippen LogP contribution in [0.3, 0.4) is 0 Å². The summed E-state index contributed by atoms with van der Waals surface area (Å²) in [5.41, 5.74) is 3.38. The fourth-order valence-corrected chi connectivity index (χ4v) is 3.61. The SMILES string of the molecule is C/C(=C\C(=O)O)c1ccc(N(CC(C)C)CC(C)C)c(NC(=O)Cc2cccc(F)c2)c1. The fourth-order valence-electron chi connectivity index (χ4n) is 3.61.